The zero-order valence-electron chi connectivity index (χ0n) is 30.7. The van der Waals surface area contributed by atoms with Gasteiger partial charge in [0.25, 0.3) is 0 Å². The molecule has 0 unspecified atom stereocenters. The van der Waals surface area contributed by atoms with Gasteiger partial charge in [-0.2, -0.15) is 0 Å². The van der Waals surface area contributed by atoms with Gasteiger partial charge in [-0.3, -0.25) is 0 Å². The van der Waals surface area contributed by atoms with E-state index < -0.39 is 0 Å². The van der Waals surface area contributed by atoms with Gasteiger partial charge in [0, 0.05) is 5.88 Å². The number of allylic oxidation sites excluding steroid dienone is 5. The molecular formula is C48H51ClO3. The van der Waals surface area contributed by atoms with E-state index >= 15 is 0 Å². The lowest BCUT2D eigenvalue weighted by Crippen LogP contribution is -2.33. The van der Waals surface area contributed by atoms with Crippen LogP contribution < -0.4 is 4.74 Å². The van der Waals surface area contributed by atoms with Gasteiger partial charge in [-0.25, -0.2) is 4.79 Å². The molecule has 0 saturated heterocycles. The number of carbonyl (C=O) groups excluding carboxylic acids is 1. The summed E-state index contributed by atoms with van der Waals surface area (Å²) in [4.78, 5) is 12.7. The first-order chi connectivity index (χ1) is 25.2. The van der Waals surface area contributed by atoms with Crippen LogP contribution in [0, 0.1) is 17.3 Å². The summed E-state index contributed by atoms with van der Waals surface area (Å²) in [5, 5.41) is 0. The number of halogens is 1. The Labute approximate surface area is 316 Å². The molecule has 5 rings (SSSR count). The van der Waals surface area contributed by atoms with Crippen LogP contribution in [-0.2, 0) is 4.74 Å². The second-order valence-corrected chi connectivity index (χ2v) is 14.4. The Morgan fingerprint density at radius 2 is 1.46 bits per heavy atom. The molecule has 52 heavy (non-hydrogen) atoms. The van der Waals surface area contributed by atoms with Crippen molar-refractivity contribution in [3.8, 4) is 5.75 Å². The molecule has 3 atom stereocenters. The molecule has 0 N–H and O–H groups in total. The lowest BCUT2D eigenvalue weighted by Gasteiger charge is -2.43. The van der Waals surface area contributed by atoms with Crippen LogP contribution in [0.2, 0.25) is 0 Å². The zero-order chi connectivity index (χ0) is 36.9. The van der Waals surface area contributed by atoms with Crippen molar-refractivity contribution < 1.29 is 14.3 Å². The van der Waals surface area contributed by atoms with Crippen molar-refractivity contribution in [1.82, 2.24) is 0 Å². The van der Waals surface area contributed by atoms with Crippen molar-refractivity contribution in [3.63, 3.8) is 0 Å². The van der Waals surface area contributed by atoms with Gasteiger partial charge in [0.1, 0.15) is 19.0 Å². The highest BCUT2D eigenvalue weighted by Crippen LogP contribution is 2.49. The van der Waals surface area contributed by atoms with Crippen LogP contribution in [0.3, 0.4) is 0 Å². The van der Waals surface area contributed by atoms with Crippen LogP contribution >= 0.6 is 11.6 Å². The topological polar surface area (TPSA) is 35.5 Å². The second-order valence-electron chi connectivity index (χ2n) is 14.0. The third kappa shape index (κ3) is 9.92. The number of benzene rings is 4. The quantitative estimate of drug-likeness (QED) is 0.0382. The lowest BCUT2D eigenvalue weighted by atomic mass is 9.61. The third-order valence-corrected chi connectivity index (χ3v) is 10.6. The molecule has 3 nitrogen and oxygen atoms in total. The van der Waals surface area contributed by atoms with Gasteiger partial charge >= 0.3 is 5.97 Å². The molecule has 0 spiro atoms. The molecule has 0 heterocycles. The molecule has 1 saturated carbocycles. The van der Waals surface area contributed by atoms with Crippen molar-refractivity contribution in [2.45, 2.75) is 46.0 Å². The number of alkyl halides is 1. The van der Waals surface area contributed by atoms with E-state index in [1.807, 2.05) is 36.4 Å². The average Bonchev–Trinajstić information content (AvgIpc) is 3.17. The Hall–Kier alpha value is -4.86. The number of rotatable bonds is 16. The van der Waals surface area contributed by atoms with E-state index in [0.29, 0.717) is 29.0 Å². The van der Waals surface area contributed by atoms with Gasteiger partial charge in [0.15, 0.2) is 0 Å². The summed E-state index contributed by atoms with van der Waals surface area (Å²) < 4.78 is 11.5. The van der Waals surface area contributed by atoms with Gasteiger partial charge in [0.05, 0.1) is 5.56 Å². The van der Waals surface area contributed by atoms with Crippen LogP contribution in [0.5, 0.6) is 5.75 Å². The summed E-state index contributed by atoms with van der Waals surface area (Å²) >= 11 is 6.30. The van der Waals surface area contributed by atoms with Crippen LogP contribution in [0.1, 0.15) is 78.6 Å². The Bertz CT molecular complexity index is 1870. The largest absolute Gasteiger partial charge is 0.490 e. The zero-order valence-corrected chi connectivity index (χ0v) is 31.4. The number of hydrogen-bond acceptors (Lipinski definition) is 3. The van der Waals surface area contributed by atoms with E-state index in [2.05, 4.69) is 112 Å². The minimum Gasteiger partial charge on any atom is -0.490 e. The molecule has 4 aromatic rings. The number of esters is 1. The van der Waals surface area contributed by atoms with Gasteiger partial charge in [-0.05, 0) is 114 Å². The standard InChI is InChI=1S/C48H51ClO3/c1-6-48(5)30-28-42(34-45(48)35(2)3)36(4)14-13-15-37-20-22-41(23-21-37)47(50)52-33-32-51-43-26-24-40(25-27-43)46(39-18-11-8-12-19-39)44(29-31-49)38-16-9-7-10-17-38/h6-13,15-27,42,45H,1-2,4,14,28-34H2,3,5H3/b15-13+,46-44-/t42-,45+,48-/m1/s1. The van der Waals surface area contributed by atoms with E-state index in [1.165, 1.54) is 16.7 Å². The Morgan fingerprint density at radius 1 is 0.846 bits per heavy atom. The lowest BCUT2D eigenvalue weighted by molar-refractivity contribution is 0.0450. The Morgan fingerprint density at radius 3 is 2.08 bits per heavy atom. The minimum atomic E-state index is -0.371. The third-order valence-electron chi connectivity index (χ3n) is 10.4. The molecular weight excluding hydrogens is 660 g/mol. The summed E-state index contributed by atoms with van der Waals surface area (Å²) in [5.41, 5.74) is 9.86. The van der Waals surface area contributed by atoms with E-state index in [1.54, 1.807) is 12.1 Å². The SMILES string of the molecule is C=C[C@]1(C)CC[C@@H](C(=C)C/C=C/c2ccc(C(=O)OCCOc3ccc(/C(=C(/CCCl)c4ccccc4)c4ccccc4)cc3)cc2)C[C@H]1C(=C)C. The summed E-state index contributed by atoms with van der Waals surface area (Å²) in [6, 6.07) is 36.3. The van der Waals surface area contributed by atoms with Crippen LogP contribution in [0.15, 0.2) is 152 Å². The van der Waals surface area contributed by atoms with Crippen molar-refractivity contribution in [2.24, 2.45) is 17.3 Å². The number of carbonyl (C=O) groups is 1. The van der Waals surface area contributed by atoms with Gasteiger partial charge in [-0.15, -0.1) is 18.2 Å². The fourth-order valence-electron chi connectivity index (χ4n) is 7.32. The molecule has 0 aromatic heterocycles. The molecule has 1 aliphatic rings. The molecule has 1 aliphatic carbocycles. The van der Waals surface area contributed by atoms with Gasteiger partial charge in [-0.1, -0.05) is 134 Å². The number of hydrogen-bond donors (Lipinski definition) is 0. The maximum Gasteiger partial charge on any atom is 0.338 e. The minimum absolute atomic E-state index is 0.116. The van der Waals surface area contributed by atoms with E-state index in [4.69, 9.17) is 21.1 Å². The summed E-state index contributed by atoms with van der Waals surface area (Å²) in [6.45, 7) is 17.6. The second kappa shape index (κ2) is 18.6. The highest BCUT2D eigenvalue weighted by Gasteiger charge is 2.38. The highest BCUT2D eigenvalue weighted by molar-refractivity contribution is 6.18. The highest BCUT2D eigenvalue weighted by atomic mass is 35.5. The predicted molar refractivity (Wildman–Crippen MR) is 220 cm³/mol. The predicted octanol–water partition coefficient (Wildman–Crippen LogP) is 12.7. The fourth-order valence-corrected chi connectivity index (χ4v) is 7.51. The van der Waals surface area contributed by atoms with Gasteiger partial charge < -0.3 is 9.47 Å². The average molecular weight is 711 g/mol. The monoisotopic (exact) mass is 710 g/mol. The first-order valence-corrected chi connectivity index (χ1v) is 18.8. The normalized spacial score (nSPS) is 19.1. The molecule has 4 heteroatoms. The smallest absolute Gasteiger partial charge is 0.338 e. The number of ether oxygens (including phenoxy) is 2. The van der Waals surface area contributed by atoms with E-state index in [0.717, 1.165) is 59.9 Å². The van der Waals surface area contributed by atoms with Crippen molar-refractivity contribution in [2.75, 3.05) is 19.1 Å². The molecule has 4 aromatic carbocycles. The van der Waals surface area contributed by atoms with E-state index in [9.17, 15) is 4.79 Å². The molecule has 0 radical (unpaired) electrons. The first-order valence-electron chi connectivity index (χ1n) is 18.3. The van der Waals surface area contributed by atoms with Crippen LogP contribution in [0.25, 0.3) is 17.2 Å². The van der Waals surface area contributed by atoms with Crippen molar-refractivity contribution in [1.29, 1.82) is 0 Å². The van der Waals surface area contributed by atoms with E-state index in [-0.39, 0.29) is 24.6 Å². The fraction of sp³-hybridized carbons (Fsp3) is 0.271. The molecule has 0 amide bonds. The maximum atomic E-state index is 12.7. The Kier molecular flexibility index (Phi) is 13.7. The summed E-state index contributed by atoms with van der Waals surface area (Å²) in [5.74, 6) is 1.78. The molecule has 1 fully saturated rings. The van der Waals surface area contributed by atoms with Crippen molar-refractivity contribution in [3.05, 3.63) is 180 Å². The van der Waals surface area contributed by atoms with Crippen LogP contribution in [0.4, 0.5) is 0 Å². The first kappa shape index (κ1) is 38.4. The Balaban J connectivity index is 1.11. The molecule has 0 bridgehead atoms. The van der Waals surface area contributed by atoms with Crippen molar-refractivity contribution >= 4 is 34.8 Å². The summed E-state index contributed by atoms with van der Waals surface area (Å²) in [6.07, 6.45) is 11.3. The van der Waals surface area contributed by atoms with Gasteiger partial charge in [0.2, 0.25) is 0 Å². The molecule has 268 valence electrons. The molecule has 0 aliphatic heterocycles. The maximum absolute atomic E-state index is 12.7. The van der Waals surface area contributed by atoms with Crippen LogP contribution in [-0.4, -0.2) is 25.1 Å². The summed E-state index contributed by atoms with van der Waals surface area (Å²) in [7, 11) is 0.